The lowest BCUT2D eigenvalue weighted by Crippen LogP contribution is -2.20. The monoisotopic (exact) mass is 514 g/mol. The minimum Gasteiger partial charge on any atom is -0.493 e. The van der Waals surface area contributed by atoms with Crippen molar-refractivity contribution in [2.45, 2.75) is 38.0 Å². The smallest absolute Gasteiger partial charge is 0.227 e. The maximum atomic E-state index is 14.8. The van der Waals surface area contributed by atoms with Crippen LogP contribution < -0.4 is 14.8 Å². The molecule has 4 bridgehead atoms. The highest BCUT2D eigenvalue weighted by atomic mass is 32.2. The van der Waals surface area contributed by atoms with Gasteiger partial charge in [-0.2, -0.15) is 0 Å². The fourth-order valence-corrected chi connectivity index (χ4v) is 5.20. The Bertz CT molecular complexity index is 1390. The van der Waals surface area contributed by atoms with Crippen LogP contribution in [0.3, 0.4) is 0 Å². The van der Waals surface area contributed by atoms with Crippen LogP contribution in [0, 0.1) is 11.6 Å². The second-order valence-corrected chi connectivity index (χ2v) is 11.0. The Kier molecular flexibility index (Phi) is 7.83. The quantitative estimate of drug-likeness (QED) is 0.434. The highest BCUT2D eigenvalue weighted by Crippen LogP contribution is 2.33. The molecule has 36 heavy (non-hydrogen) atoms. The van der Waals surface area contributed by atoms with Crippen LogP contribution in [0.4, 0.5) is 20.4 Å². The molecule has 1 N–H and O–H groups in total. The van der Waals surface area contributed by atoms with Gasteiger partial charge in [-0.15, -0.1) is 0 Å². The van der Waals surface area contributed by atoms with Crippen molar-refractivity contribution in [2.75, 3.05) is 18.2 Å². The summed E-state index contributed by atoms with van der Waals surface area (Å²) >= 11 is 0. The van der Waals surface area contributed by atoms with Crippen molar-refractivity contribution in [1.29, 1.82) is 0 Å². The number of benzene rings is 2. The first kappa shape index (κ1) is 25.6. The second kappa shape index (κ2) is 11.0. The predicted octanol–water partition coefficient (Wildman–Crippen LogP) is 6.24. The number of nitrogens with one attached hydrogen (secondary N) is 1. The lowest BCUT2D eigenvalue weighted by molar-refractivity contribution is 0.152. The number of nitrogens with zero attached hydrogens (tertiary/aromatic N) is 3. The molecule has 2 atom stereocenters. The molecule has 0 saturated heterocycles. The number of rotatable bonds is 5. The van der Waals surface area contributed by atoms with E-state index in [1.54, 1.807) is 18.4 Å². The molecule has 0 spiro atoms. The molecule has 3 aromatic rings. The van der Waals surface area contributed by atoms with E-state index in [1.807, 2.05) is 6.07 Å². The normalized spacial score (nSPS) is 16.7. The summed E-state index contributed by atoms with van der Waals surface area (Å²) in [6.45, 7) is 5.83. The van der Waals surface area contributed by atoms with E-state index in [0.29, 0.717) is 23.4 Å². The Labute approximate surface area is 209 Å². The van der Waals surface area contributed by atoms with Crippen molar-refractivity contribution in [3.63, 3.8) is 0 Å². The average molecular weight is 515 g/mol. The summed E-state index contributed by atoms with van der Waals surface area (Å²) in [5, 5.41) is 3.08. The van der Waals surface area contributed by atoms with Crippen LogP contribution in [-0.4, -0.2) is 33.1 Å². The maximum Gasteiger partial charge on any atom is 0.227 e. The molecule has 190 valence electrons. The molecule has 0 aliphatic carbocycles. The van der Waals surface area contributed by atoms with Crippen molar-refractivity contribution in [2.24, 2.45) is 4.36 Å². The summed E-state index contributed by atoms with van der Waals surface area (Å²) in [6, 6.07) is 9.30. The molecule has 10 heteroatoms. The first-order valence-corrected chi connectivity index (χ1v) is 13.7. The van der Waals surface area contributed by atoms with E-state index in [0.717, 1.165) is 24.6 Å². The van der Waals surface area contributed by atoms with E-state index in [9.17, 15) is 13.0 Å². The maximum absolute atomic E-state index is 14.8. The highest BCUT2D eigenvalue weighted by molar-refractivity contribution is 7.92. The minimum atomic E-state index is -2.54. The van der Waals surface area contributed by atoms with Gasteiger partial charge < -0.3 is 14.8 Å². The topological polar surface area (TPSA) is 85.7 Å². The Morgan fingerprint density at radius 2 is 2.11 bits per heavy atom. The summed E-state index contributed by atoms with van der Waals surface area (Å²) < 4.78 is 57.8. The van der Waals surface area contributed by atoms with Crippen LogP contribution in [0.2, 0.25) is 0 Å². The van der Waals surface area contributed by atoms with Gasteiger partial charge in [-0.25, -0.2) is 27.3 Å². The molecule has 1 aliphatic rings. The van der Waals surface area contributed by atoms with Gasteiger partial charge in [0, 0.05) is 42.3 Å². The molecule has 0 fully saturated rings. The molecule has 0 radical (unpaired) electrons. The first-order valence-electron chi connectivity index (χ1n) is 11.6. The molecule has 2 unspecified atom stereocenters. The molecule has 2 heterocycles. The number of aromatic nitrogens is 2. The van der Waals surface area contributed by atoms with Gasteiger partial charge in [0.25, 0.3) is 0 Å². The van der Waals surface area contributed by atoms with Crippen LogP contribution in [0.25, 0.3) is 11.3 Å². The van der Waals surface area contributed by atoms with Crippen LogP contribution in [0.5, 0.6) is 11.5 Å². The number of anilines is 2. The van der Waals surface area contributed by atoms with Crippen molar-refractivity contribution in [3.05, 3.63) is 72.6 Å². The Morgan fingerprint density at radius 1 is 1.28 bits per heavy atom. The average Bonchev–Trinajstić information content (AvgIpc) is 2.80. The van der Waals surface area contributed by atoms with Crippen molar-refractivity contribution in [3.8, 4) is 22.8 Å². The summed E-state index contributed by atoms with van der Waals surface area (Å²) in [5.41, 5.74) is 1.61. The third-order valence-corrected chi connectivity index (χ3v) is 6.97. The molecular formula is C26H28F2N4O3S. The van der Waals surface area contributed by atoms with Crippen molar-refractivity contribution in [1.82, 2.24) is 9.97 Å². The third-order valence-electron chi connectivity index (χ3n) is 5.51. The molecule has 2 aromatic carbocycles. The van der Waals surface area contributed by atoms with Crippen LogP contribution in [0.15, 0.2) is 59.7 Å². The molecular weight excluding hydrogens is 486 g/mol. The van der Waals surface area contributed by atoms with Crippen molar-refractivity contribution < 1.29 is 22.5 Å². The number of halogens is 2. The minimum absolute atomic E-state index is 0.0151. The number of hydrogen-bond donors (Lipinski definition) is 1. The number of ether oxygens (including phenoxy) is 2. The van der Waals surface area contributed by atoms with Gasteiger partial charge >= 0.3 is 0 Å². The summed E-state index contributed by atoms with van der Waals surface area (Å²) in [6.07, 6.45) is 5.87. The zero-order valence-electron chi connectivity index (χ0n) is 20.2. The Balaban J connectivity index is 1.82. The lowest BCUT2D eigenvalue weighted by Gasteiger charge is -2.21. The van der Waals surface area contributed by atoms with E-state index in [1.165, 1.54) is 24.4 Å². The summed E-state index contributed by atoms with van der Waals surface area (Å²) in [4.78, 5) is 8.39. The van der Waals surface area contributed by atoms with Gasteiger partial charge in [0.05, 0.1) is 28.3 Å². The number of hydrogen-bond acceptors (Lipinski definition) is 7. The van der Waals surface area contributed by atoms with Crippen LogP contribution in [0.1, 0.15) is 31.7 Å². The van der Waals surface area contributed by atoms with E-state index in [2.05, 4.69) is 33.2 Å². The van der Waals surface area contributed by atoms with Gasteiger partial charge in [-0.1, -0.05) is 19.9 Å². The molecule has 4 rings (SSSR count). The van der Waals surface area contributed by atoms with Crippen LogP contribution in [-0.2, 0) is 15.5 Å². The van der Waals surface area contributed by atoms with E-state index in [-0.39, 0.29) is 35.9 Å². The molecule has 1 aromatic heterocycles. The molecule has 7 nitrogen and oxygen atoms in total. The largest absolute Gasteiger partial charge is 0.493 e. The van der Waals surface area contributed by atoms with Crippen LogP contribution >= 0.6 is 0 Å². The summed E-state index contributed by atoms with van der Waals surface area (Å²) in [5.74, 6) is -0.103. The number of fused-ring (bicyclic) bond motifs is 6. The van der Waals surface area contributed by atoms with Gasteiger partial charge in [0.2, 0.25) is 5.95 Å². The SMILES string of the molecule is C=CN=S(C)(=O)Cc1cc2cc(c1)OC(CCC)CCOc1cc(F)ccc1-c1nc(ncc1F)N2. The summed E-state index contributed by atoms with van der Waals surface area (Å²) in [7, 11) is -2.54. The molecule has 0 saturated carbocycles. The Hall–Kier alpha value is -3.53. The fourth-order valence-electron chi connectivity index (χ4n) is 4.02. The van der Waals surface area contributed by atoms with Gasteiger partial charge in [-0.3, -0.25) is 0 Å². The van der Waals surface area contributed by atoms with Crippen molar-refractivity contribution >= 4 is 21.4 Å². The molecule has 0 amide bonds. The van der Waals surface area contributed by atoms with Gasteiger partial charge in [0.15, 0.2) is 5.82 Å². The van der Waals surface area contributed by atoms with E-state index in [4.69, 9.17) is 9.47 Å². The predicted molar refractivity (Wildman–Crippen MR) is 137 cm³/mol. The first-order chi connectivity index (χ1) is 17.3. The van der Waals surface area contributed by atoms with E-state index < -0.39 is 21.4 Å². The second-order valence-electron chi connectivity index (χ2n) is 8.58. The standard InChI is InChI=1S/C26H28F2N4O3S/c1-4-6-20-9-10-34-24-13-18(27)7-8-22(24)25-23(28)15-29-26(32-25)31-19-11-17(12-21(14-19)35-20)16-36(3,33)30-5-2/h5,7-8,11-15,20H,2,4,6,9-10,16H2,1,3H3,(H,29,31,32). The van der Waals surface area contributed by atoms with Gasteiger partial charge in [-0.05, 0) is 36.2 Å². The lowest BCUT2D eigenvalue weighted by atomic mass is 10.1. The van der Waals surface area contributed by atoms with E-state index >= 15 is 0 Å². The highest BCUT2D eigenvalue weighted by Gasteiger charge is 2.19. The third kappa shape index (κ3) is 6.37. The fraction of sp³-hybridized carbons (Fsp3) is 0.308. The molecule has 1 aliphatic heterocycles. The zero-order valence-corrected chi connectivity index (χ0v) is 21.0. The Morgan fingerprint density at radius 3 is 2.89 bits per heavy atom. The zero-order chi connectivity index (χ0) is 25.7. The van der Waals surface area contributed by atoms with Gasteiger partial charge in [0.1, 0.15) is 29.1 Å².